The Morgan fingerprint density at radius 1 is 0.400 bits per heavy atom. The smallest absolute Gasteiger partial charge is 0.512 e. The summed E-state index contributed by atoms with van der Waals surface area (Å²) in [5.41, 5.74) is 0. The zero-order valence-corrected chi connectivity index (χ0v) is 10.3. The van der Waals surface area contributed by atoms with Crippen molar-refractivity contribution in [3.05, 3.63) is 39.4 Å². The second kappa shape index (κ2) is 463. The van der Waals surface area contributed by atoms with Crippen LogP contribution in [0.15, 0.2) is 0 Å². The fourth-order valence-electron chi connectivity index (χ4n) is 0. The van der Waals surface area contributed by atoms with E-state index in [9.17, 15) is 0 Å². The zero-order valence-electron chi connectivity index (χ0n) is 7.74. The first-order chi connectivity index (χ1) is 6.00. The Morgan fingerprint density at radius 2 is 0.400 bits per heavy atom. The van der Waals surface area contributed by atoms with Crippen molar-refractivity contribution >= 4 is 23.1 Å². The van der Waals surface area contributed by atoms with Gasteiger partial charge in [0.05, 0.1) is 0 Å². The van der Waals surface area contributed by atoms with Crippen LogP contribution < -0.4 is 6.15 Å². The fourth-order valence-corrected chi connectivity index (χ4v) is 0. The topological polar surface area (TPSA) is 179 Å². The Balaban J connectivity index is -0.00000000396. The van der Waals surface area contributed by atoms with Crippen molar-refractivity contribution in [2.45, 2.75) is 0 Å². The van der Waals surface area contributed by atoms with Crippen molar-refractivity contribution in [2.24, 2.45) is 0 Å². The van der Waals surface area contributed by atoms with Gasteiger partial charge in [-0.2, -0.15) is 0 Å². The maximum Gasteiger partial charge on any atom is 2.00 e. The van der Waals surface area contributed by atoms with Crippen LogP contribution in [0.5, 0.6) is 0 Å². The number of rotatable bonds is 0. The van der Waals surface area contributed by atoms with Crippen LogP contribution in [0.2, 0.25) is 0 Å². The fraction of sp³-hybridized carbons (Fsp3) is 0. The second-order valence-electron chi connectivity index (χ2n) is 0. The quantitative estimate of drug-likeness (QED) is 0.487. The van der Waals surface area contributed by atoms with Crippen LogP contribution in [-0.2, 0) is 17.1 Å². The van der Waals surface area contributed by atoms with E-state index >= 15 is 0 Å². The van der Waals surface area contributed by atoms with Gasteiger partial charge in [0.15, 0.2) is 0 Å². The maximum atomic E-state index is 6.25. The molecule has 0 aliphatic heterocycles. The molecule has 0 rings (SSSR count). The Labute approximate surface area is 117 Å². The van der Waals surface area contributed by atoms with Crippen LogP contribution in [0.4, 0.5) is 0 Å². The average Bonchev–Trinajstić information content (AvgIpc) is 2.33. The van der Waals surface area contributed by atoms with Gasteiger partial charge in [-0.1, -0.05) is 0 Å². The summed E-state index contributed by atoms with van der Waals surface area (Å²) in [7, 11) is 0. The third-order valence-corrected chi connectivity index (χ3v) is 0. The van der Waals surface area contributed by atoms with E-state index in [1.165, 1.54) is 0 Å². The molecule has 9 heteroatoms. The van der Waals surface area contributed by atoms with Gasteiger partial charge < -0.3 is 77.2 Å². The largest absolute Gasteiger partial charge is 2.00 e. The molecule has 0 amide bonds. The van der Waals surface area contributed by atoms with Crippen LogP contribution in [-0.4, -0.2) is 23.1 Å². The molecule has 0 aromatic heterocycles. The predicted molar refractivity (Wildman–Crippen MR) is 41.5 cm³/mol. The Hall–Kier alpha value is -1.81. The van der Waals surface area contributed by atoms with Crippen molar-refractivity contribution in [1.82, 2.24) is 6.15 Å². The van der Waals surface area contributed by atoms with E-state index in [1.807, 2.05) is 0 Å². The molecule has 0 aliphatic rings. The van der Waals surface area contributed by atoms with Crippen LogP contribution in [0.1, 0.15) is 0 Å². The summed E-state index contributed by atoms with van der Waals surface area (Å²) in [5.74, 6) is 0. The van der Waals surface area contributed by atoms with E-state index in [1.54, 1.807) is 0 Å². The molecule has 0 aromatic carbocycles. The molecule has 0 spiro atoms. The molecule has 4 N–H and O–H groups in total. The van der Waals surface area contributed by atoms with Crippen molar-refractivity contribution in [3.63, 3.8) is 0 Å². The van der Waals surface area contributed by atoms with Gasteiger partial charge >= 0.3 is 40.1 Å². The van der Waals surface area contributed by atoms with E-state index in [-0.39, 0.29) is 46.3 Å². The molecule has 0 saturated heterocycles. The average molecular weight is 254 g/mol. The van der Waals surface area contributed by atoms with Gasteiger partial charge in [-0.15, -0.1) is 0 Å². The summed E-state index contributed by atoms with van der Waals surface area (Å²) in [6.45, 7) is 28.5. The SMILES string of the molecule is [C-]#N.[C-]#N.[C-]#N.[C-]#N.[C-]#N.[C-]#N.[Fe+2].[Mg+2].[NH4+]. The van der Waals surface area contributed by atoms with Crippen LogP contribution >= 0.6 is 0 Å². The van der Waals surface area contributed by atoms with Crippen LogP contribution in [0, 0.1) is 71.0 Å². The van der Waals surface area contributed by atoms with Crippen molar-refractivity contribution in [3.8, 4) is 0 Å². The minimum atomic E-state index is 0. The molecule has 0 atom stereocenters. The van der Waals surface area contributed by atoms with E-state index in [0.717, 1.165) is 0 Å². The van der Waals surface area contributed by atoms with Crippen LogP contribution in [0.25, 0.3) is 0 Å². The molecule has 15 heavy (non-hydrogen) atoms. The molecule has 7 nitrogen and oxygen atoms in total. The Morgan fingerprint density at radius 3 is 0.400 bits per heavy atom. The summed E-state index contributed by atoms with van der Waals surface area (Å²) >= 11 is 0. The molecule has 0 fully saturated rings. The third-order valence-electron chi connectivity index (χ3n) is 0. The predicted octanol–water partition coefficient (Wildman–Crippen LogP) is 0.571. The Kier molecular flexibility index (Phi) is 3450. The summed E-state index contributed by atoms with van der Waals surface area (Å²) in [5, 5.41) is 37.5. The second-order valence-corrected chi connectivity index (χ2v) is 0. The molecule has 0 aromatic rings. The first-order valence-electron chi connectivity index (χ1n) is 1.34. The van der Waals surface area contributed by atoms with Crippen molar-refractivity contribution < 1.29 is 17.1 Å². The summed E-state index contributed by atoms with van der Waals surface area (Å²) in [6.07, 6.45) is 0. The van der Waals surface area contributed by atoms with E-state index < -0.39 is 0 Å². The van der Waals surface area contributed by atoms with Gasteiger partial charge in [-0.25, -0.2) is 0 Å². The van der Waals surface area contributed by atoms with Gasteiger partial charge in [0, 0.05) is 0 Å². The molecule has 0 radical (unpaired) electrons. The number of hydrogen-bond acceptors (Lipinski definition) is 6. The summed E-state index contributed by atoms with van der Waals surface area (Å²) < 4.78 is 0. The van der Waals surface area contributed by atoms with E-state index in [2.05, 4.69) is 0 Å². The maximum absolute atomic E-state index is 6.25. The first kappa shape index (κ1) is 112. The summed E-state index contributed by atoms with van der Waals surface area (Å²) in [4.78, 5) is 0. The Bertz CT molecular complexity index is 98.5. The molecule has 0 saturated carbocycles. The van der Waals surface area contributed by atoms with Gasteiger partial charge in [0.1, 0.15) is 0 Å². The minimum Gasteiger partial charge on any atom is -0.512 e. The number of hydrogen-bond donors (Lipinski definition) is 1. The standard InChI is InChI=1S/6CN.Fe.Mg.H3N/c6*1-2;;;/h;;;;;;;;1H3/q6*-1;2*+2;/p+1. The summed E-state index contributed by atoms with van der Waals surface area (Å²) in [6, 6.07) is 0. The van der Waals surface area contributed by atoms with Gasteiger partial charge in [-0.3, -0.25) is 0 Å². The molecular formula is C6H4FeMgN7-. The monoisotopic (exact) mass is 254 g/mol. The number of quaternary nitrogens is 1. The van der Waals surface area contributed by atoms with Gasteiger partial charge in [-0.05, 0) is 0 Å². The first-order valence-corrected chi connectivity index (χ1v) is 1.34. The van der Waals surface area contributed by atoms with Gasteiger partial charge in [0.2, 0.25) is 0 Å². The van der Waals surface area contributed by atoms with Crippen molar-refractivity contribution in [2.75, 3.05) is 0 Å². The molecule has 0 aliphatic carbocycles. The normalized spacial score (nSPS) is 0.800. The molecule has 0 heterocycles. The zero-order chi connectivity index (χ0) is 12.0. The molecular weight excluding hydrogens is 250 g/mol. The minimum absolute atomic E-state index is 0. The molecule has 0 unspecified atom stereocenters. The number of nitrogens with zero attached hydrogens (tertiary/aromatic N) is 6. The van der Waals surface area contributed by atoms with Crippen LogP contribution in [0.3, 0.4) is 0 Å². The third kappa shape index (κ3) is 384. The molecule has 0 bridgehead atoms. The van der Waals surface area contributed by atoms with Crippen molar-refractivity contribution in [1.29, 1.82) is 31.6 Å². The molecule has 74 valence electrons. The van der Waals surface area contributed by atoms with E-state index in [0.29, 0.717) is 0 Å². The van der Waals surface area contributed by atoms with Gasteiger partial charge in [0.25, 0.3) is 0 Å². The van der Waals surface area contributed by atoms with E-state index in [4.69, 9.17) is 71.0 Å².